The number of carbonyl (C=O) groups excluding carboxylic acids is 1. The van der Waals surface area contributed by atoms with Crippen LogP contribution in [0.15, 0.2) is 78.9 Å². The number of rotatable bonds is 4. The van der Waals surface area contributed by atoms with Crippen LogP contribution in [-0.2, 0) is 4.74 Å². The molecular weight excluding hydrogens is 352 g/mol. The molecule has 0 atom stereocenters. The fraction of sp³-hybridized carbons (Fsp3) is 0.0870. The third kappa shape index (κ3) is 3.18. The summed E-state index contributed by atoms with van der Waals surface area (Å²) in [6.45, 7) is 2.02. The number of esters is 1. The second-order valence-electron chi connectivity index (χ2n) is 6.24. The van der Waals surface area contributed by atoms with Gasteiger partial charge in [-0.15, -0.1) is 0 Å². The fourth-order valence-electron chi connectivity index (χ4n) is 3.13. The van der Waals surface area contributed by atoms with Gasteiger partial charge in [-0.2, -0.15) is 0 Å². The smallest absolute Gasteiger partial charge is 0.338 e. The van der Waals surface area contributed by atoms with Gasteiger partial charge in [-0.1, -0.05) is 36.4 Å². The maximum absolute atomic E-state index is 13.4. The van der Waals surface area contributed by atoms with Crippen molar-refractivity contribution in [1.29, 1.82) is 0 Å². The number of benzene rings is 3. The molecule has 0 unspecified atom stereocenters. The van der Waals surface area contributed by atoms with Crippen LogP contribution in [0.2, 0.25) is 0 Å². The summed E-state index contributed by atoms with van der Waals surface area (Å²) < 4.78 is 6.71. The number of hydrogen-bond donors (Lipinski definition) is 0. The zero-order chi connectivity index (χ0) is 19.5. The molecule has 0 aliphatic carbocycles. The number of ether oxygens (including phenoxy) is 1. The van der Waals surface area contributed by atoms with Gasteiger partial charge in [0.15, 0.2) is 0 Å². The molecule has 0 spiro atoms. The SMILES string of the molecule is CCOC(=O)c1ccc2n[n+](-c3ccccc3)c(-c3ccccc3)c([O-])c2c1. The Morgan fingerprint density at radius 3 is 2.36 bits per heavy atom. The highest BCUT2D eigenvalue weighted by molar-refractivity contribution is 5.97. The highest BCUT2D eigenvalue weighted by Gasteiger charge is 2.22. The number of hydrogen-bond acceptors (Lipinski definition) is 4. The van der Waals surface area contributed by atoms with Gasteiger partial charge in [0.05, 0.1) is 12.2 Å². The molecular formula is C23H18N2O3. The molecule has 138 valence electrons. The molecule has 1 heterocycles. The summed E-state index contributed by atoms with van der Waals surface area (Å²) >= 11 is 0. The zero-order valence-electron chi connectivity index (χ0n) is 15.3. The largest absolute Gasteiger partial charge is 0.867 e. The minimum atomic E-state index is -0.454. The molecule has 4 rings (SSSR count). The van der Waals surface area contributed by atoms with Crippen LogP contribution in [0.1, 0.15) is 17.3 Å². The van der Waals surface area contributed by atoms with Gasteiger partial charge in [0.25, 0.3) is 0 Å². The molecule has 0 aliphatic rings. The molecule has 1 aromatic heterocycles. The Balaban J connectivity index is 2.01. The molecule has 0 amide bonds. The Morgan fingerprint density at radius 2 is 1.68 bits per heavy atom. The Labute approximate surface area is 162 Å². The van der Waals surface area contributed by atoms with Crippen molar-refractivity contribution in [2.75, 3.05) is 6.61 Å². The Kier molecular flexibility index (Phi) is 4.72. The van der Waals surface area contributed by atoms with Crippen LogP contribution in [0.5, 0.6) is 5.75 Å². The lowest BCUT2D eigenvalue weighted by Crippen LogP contribution is -2.38. The number of fused-ring (bicyclic) bond motifs is 1. The zero-order valence-corrected chi connectivity index (χ0v) is 15.3. The molecule has 0 saturated heterocycles. The molecule has 4 aromatic rings. The van der Waals surface area contributed by atoms with Crippen LogP contribution >= 0.6 is 0 Å². The highest BCUT2D eigenvalue weighted by Crippen LogP contribution is 2.31. The summed E-state index contributed by atoms with van der Waals surface area (Å²) in [4.78, 5) is 12.1. The first-order valence-corrected chi connectivity index (χ1v) is 9.04. The van der Waals surface area contributed by atoms with Crippen molar-refractivity contribution in [2.45, 2.75) is 6.92 Å². The van der Waals surface area contributed by atoms with Crippen LogP contribution in [0.25, 0.3) is 27.8 Å². The lowest BCUT2D eigenvalue weighted by Gasteiger charge is -2.14. The second-order valence-corrected chi connectivity index (χ2v) is 6.24. The molecule has 0 N–H and O–H groups in total. The number of nitrogens with zero attached hydrogens (tertiary/aromatic N) is 2. The van der Waals surface area contributed by atoms with Gasteiger partial charge in [0, 0.05) is 28.2 Å². The van der Waals surface area contributed by atoms with Crippen LogP contribution in [-0.4, -0.2) is 17.7 Å². The van der Waals surface area contributed by atoms with Crippen molar-refractivity contribution in [3.05, 3.63) is 84.4 Å². The van der Waals surface area contributed by atoms with Gasteiger partial charge in [-0.25, -0.2) is 4.79 Å². The lowest BCUT2D eigenvalue weighted by molar-refractivity contribution is -0.648. The standard InChI is InChI=1S/C23H18N2O3/c1-2-28-23(27)17-13-14-20-19(15-17)22(26)21(16-9-5-3-6-10-16)25(24-20)18-11-7-4-8-12-18/h3-15H,2H2,1H3. The van der Waals surface area contributed by atoms with Gasteiger partial charge in [0.1, 0.15) is 5.52 Å². The molecule has 3 aromatic carbocycles. The fourth-order valence-corrected chi connectivity index (χ4v) is 3.13. The highest BCUT2D eigenvalue weighted by atomic mass is 16.5. The van der Waals surface area contributed by atoms with E-state index in [0.717, 1.165) is 11.3 Å². The van der Waals surface area contributed by atoms with Crippen LogP contribution in [0, 0.1) is 0 Å². The van der Waals surface area contributed by atoms with Crippen molar-refractivity contribution in [3.63, 3.8) is 0 Å². The van der Waals surface area contributed by atoms with E-state index in [1.165, 1.54) is 0 Å². The van der Waals surface area contributed by atoms with Crippen molar-refractivity contribution in [1.82, 2.24) is 5.10 Å². The van der Waals surface area contributed by atoms with E-state index in [4.69, 9.17) is 9.84 Å². The summed E-state index contributed by atoms with van der Waals surface area (Å²) in [5.74, 6) is -0.643. The Hall–Kier alpha value is -3.73. The molecule has 28 heavy (non-hydrogen) atoms. The van der Waals surface area contributed by atoms with E-state index in [-0.39, 0.29) is 12.4 Å². The normalized spacial score (nSPS) is 10.8. The molecule has 0 radical (unpaired) electrons. The maximum Gasteiger partial charge on any atom is 0.338 e. The average Bonchev–Trinajstić information content (AvgIpc) is 2.75. The first kappa shape index (κ1) is 17.7. The number of aromatic nitrogens is 2. The van der Waals surface area contributed by atoms with Crippen molar-refractivity contribution in [3.8, 4) is 22.7 Å². The van der Waals surface area contributed by atoms with Gasteiger partial charge >= 0.3 is 5.97 Å². The van der Waals surface area contributed by atoms with E-state index >= 15 is 0 Å². The summed E-state index contributed by atoms with van der Waals surface area (Å²) in [5.41, 5.74) is 2.84. The number of carbonyl (C=O) groups is 1. The predicted octanol–water partition coefficient (Wildman–Crippen LogP) is 3.43. The minimum Gasteiger partial charge on any atom is -0.867 e. The van der Waals surface area contributed by atoms with E-state index in [2.05, 4.69) is 0 Å². The topological polar surface area (TPSA) is 66.1 Å². The van der Waals surface area contributed by atoms with Crippen molar-refractivity contribution >= 4 is 16.9 Å². The third-order valence-electron chi connectivity index (χ3n) is 4.43. The summed E-state index contributed by atoms with van der Waals surface area (Å²) in [6.07, 6.45) is 0. The first-order chi connectivity index (χ1) is 13.7. The average molecular weight is 370 g/mol. The van der Waals surface area contributed by atoms with E-state index in [0.29, 0.717) is 22.2 Å². The Morgan fingerprint density at radius 1 is 1.00 bits per heavy atom. The summed E-state index contributed by atoms with van der Waals surface area (Å²) in [5, 5.41) is 18.5. The van der Waals surface area contributed by atoms with Gasteiger partial charge in [-0.3, -0.25) is 0 Å². The van der Waals surface area contributed by atoms with Crippen LogP contribution < -0.4 is 9.79 Å². The lowest BCUT2D eigenvalue weighted by atomic mass is 10.1. The van der Waals surface area contributed by atoms with Crippen molar-refractivity contribution in [2.24, 2.45) is 0 Å². The molecule has 5 heteroatoms. The van der Waals surface area contributed by atoms with Crippen LogP contribution in [0.4, 0.5) is 0 Å². The van der Waals surface area contributed by atoms with Gasteiger partial charge < -0.3 is 9.84 Å². The molecule has 0 aliphatic heterocycles. The van der Waals surface area contributed by atoms with Gasteiger partial charge in [0.2, 0.25) is 11.4 Å². The van der Waals surface area contributed by atoms with Gasteiger partial charge in [-0.05, 0) is 47.7 Å². The second kappa shape index (κ2) is 7.48. The maximum atomic E-state index is 13.4. The van der Waals surface area contributed by atoms with E-state index in [9.17, 15) is 9.90 Å². The minimum absolute atomic E-state index is 0.189. The predicted molar refractivity (Wildman–Crippen MR) is 104 cm³/mol. The van der Waals surface area contributed by atoms with Crippen LogP contribution in [0.3, 0.4) is 0 Å². The molecule has 0 bridgehead atoms. The quantitative estimate of drug-likeness (QED) is 0.408. The Bertz CT molecular complexity index is 1140. The monoisotopic (exact) mass is 370 g/mol. The van der Waals surface area contributed by atoms with Crippen molar-refractivity contribution < 1.29 is 19.3 Å². The molecule has 0 fully saturated rings. The van der Waals surface area contributed by atoms with E-state index < -0.39 is 5.97 Å². The number of para-hydroxylation sites is 1. The van der Waals surface area contributed by atoms with E-state index in [1.807, 2.05) is 60.7 Å². The first-order valence-electron chi connectivity index (χ1n) is 9.04. The van der Waals surface area contributed by atoms with E-state index in [1.54, 1.807) is 29.8 Å². The summed E-state index contributed by atoms with van der Waals surface area (Å²) in [6, 6.07) is 23.8. The summed E-state index contributed by atoms with van der Waals surface area (Å²) in [7, 11) is 0. The third-order valence-corrected chi connectivity index (χ3v) is 4.43. The molecule has 5 nitrogen and oxygen atoms in total. The molecule has 0 saturated carbocycles.